The third-order valence-electron chi connectivity index (χ3n) is 3.03. The van der Waals surface area contributed by atoms with Gasteiger partial charge in [0.25, 0.3) is 0 Å². The SMILES string of the molecule is C[Si](C)(C)C#Cc1cnc(N[C@H]2CCN(C(=O)O)C2)nc1. The number of hydrogen-bond acceptors (Lipinski definition) is 4. The van der Waals surface area contributed by atoms with Crippen molar-refractivity contribution >= 4 is 20.1 Å². The van der Waals surface area contributed by atoms with Gasteiger partial charge in [-0.05, 0) is 6.42 Å². The fraction of sp³-hybridized carbons (Fsp3) is 0.500. The molecule has 1 fully saturated rings. The van der Waals surface area contributed by atoms with Crippen LogP contribution in [0.4, 0.5) is 10.7 Å². The van der Waals surface area contributed by atoms with Gasteiger partial charge < -0.3 is 15.3 Å². The first-order valence-corrected chi connectivity index (χ1v) is 10.4. The highest BCUT2D eigenvalue weighted by atomic mass is 28.3. The van der Waals surface area contributed by atoms with Gasteiger partial charge in [-0.25, -0.2) is 14.8 Å². The van der Waals surface area contributed by atoms with E-state index in [1.165, 1.54) is 4.90 Å². The van der Waals surface area contributed by atoms with Crippen LogP contribution in [0.3, 0.4) is 0 Å². The van der Waals surface area contributed by atoms with Crippen molar-refractivity contribution in [2.24, 2.45) is 0 Å². The normalized spacial score (nSPS) is 18.0. The number of hydrogen-bond donors (Lipinski definition) is 2. The van der Waals surface area contributed by atoms with Gasteiger partial charge in [0.05, 0.1) is 5.56 Å². The highest BCUT2D eigenvalue weighted by Gasteiger charge is 2.26. The monoisotopic (exact) mass is 304 g/mol. The summed E-state index contributed by atoms with van der Waals surface area (Å²) < 4.78 is 0. The second kappa shape index (κ2) is 6.14. The molecule has 1 aliphatic rings. The number of nitrogens with one attached hydrogen (secondary N) is 1. The van der Waals surface area contributed by atoms with Crippen LogP contribution in [-0.4, -0.2) is 53.3 Å². The second-order valence-electron chi connectivity index (χ2n) is 6.15. The van der Waals surface area contributed by atoms with Crippen LogP contribution in [0, 0.1) is 11.5 Å². The largest absolute Gasteiger partial charge is 0.465 e. The molecule has 2 rings (SSSR count). The van der Waals surface area contributed by atoms with Gasteiger partial charge in [0, 0.05) is 31.5 Å². The fourth-order valence-corrected chi connectivity index (χ4v) is 2.48. The quantitative estimate of drug-likeness (QED) is 0.644. The number of aromatic nitrogens is 2. The van der Waals surface area contributed by atoms with E-state index in [0.717, 1.165) is 12.0 Å². The van der Waals surface area contributed by atoms with Crippen molar-refractivity contribution < 1.29 is 9.90 Å². The molecule has 0 aromatic carbocycles. The van der Waals surface area contributed by atoms with E-state index >= 15 is 0 Å². The molecule has 0 unspecified atom stereocenters. The van der Waals surface area contributed by atoms with Crippen LogP contribution in [0.5, 0.6) is 0 Å². The van der Waals surface area contributed by atoms with E-state index in [1.807, 2.05) is 0 Å². The molecule has 2 heterocycles. The summed E-state index contributed by atoms with van der Waals surface area (Å²) >= 11 is 0. The standard InChI is InChI=1S/C14H20N4O2Si/c1-21(2,3)7-5-11-8-15-13(16-9-11)17-12-4-6-18(10-12)14(19)20/h8-9,12H,4,6,10H2,1-3H3,(H,19,20)(H,15,16,17)/t12-/m0/s1. The Labute approximate surface area is 125 Å². The molecule has 7 heteroatoms. The van der Waals surface area contributed by atoms with Crippen LogP contribution < -0.4 is 5.32 Å². The van der Waals surface area contributed by atoms with Crippen molar-refractivity contribution in [1.82, 2.24) is 14.9 Å². The molecule has 2 N–H and O–H groups in total. The van der Waals surface area contributed by atoms with E-state index in [0.29, 0.717) is 19.0 Å². The molecule has 112 valence electrons. The molecular weight excluding hydrogens is 284 g/mol. The van der Waals surface area contributed by atoms with Crippen molar-refractivity contribution in [3.63, 3.8) is 0 Å². The first kappa shape index (κ1) is 15.3. The van der Waals surface area contributed by atoms with Gasteiger partial charge in [0.15, 0.2) is 0 Å². The molecule has 1 atom stereocenters. The molecule has 6 nitrogen and oxygen atoms in total. The third kappa shape index (κ3) is 4.75. The van der Waals surface area contributed by atoms with Crippen molar-refractivity contribution in [2.75, 3.05) is 18.4 Å². The van der Waals surface area contributed by atoms with Crippen LogP contribution >= 0.6 is 0 Å². The average Bonchev–Trinajstić information content (AvgIpc) is 2.86. The van der Waals surface area contributed by atoms with Crippen LogP contribution in [0.25, 0.3) is 0 Å². The maximum absolute atomic E-state index is 10.9. The Morgan fingerprint density at radius 2 is 2.10 bits per heavy atom. The molecular formula is C14H20N4O2Si. The zero-order valence-corrected chi connectivity index (χ0v) is 13.6. The number of anilines is 1. The highest BCUT2D eigenvalue weighted by Crippen LogP contribution is 2.13. The van der Waals surface area contributed by atoms with Gasteiger partial charge in [0.1, 0.15) is 8.07 Å². The minimum atomic E-state index is -1.39. The molecule has 1 amide bonds. The first-order valence-electron chi connectivity index (χ1n) is 6.93. The van der Waals surface area contributed by atoms with Crippen molar-refractivity contribution in [3.8, 4) is 11.5 Å². The molecule has 0 saturated carbocycles. The lowest BCUT2D eigenvalue weighted by Crippen LogP contribution is -2.30. The van der Waals surface area contributed by atoms with E-state index in [4.69, 9.17) is 5.11 Å². The van der Waals surface area contributed by atoms with Gasteiger partial charge in [-0.1, -0.05) is 25.6 Å². The Kier molecular flexibility index (Phi) is 4.48. The summed E-state index contributed by atoms with van der Waals surface area (Å²) in [5, 5.41) is 12.1. The highest BCUT2D eigenvalue weighted by molar-refractivity contribution is 6.83. The minimum Gasteiger partial charge on any atom is -0.465 e. The predicted molar refractivity (Wildman–Crippen MR) is 83.9 cm³/mol. The number of carboxylic acid groups (broad SMARTS) is 1. The summed E-state index contributed by atoms with van der Waals surface area (Å²) in [6.07, 6.45) is 3.29. The van der Waals surface area contributed by atoms with Gasteiger partial charge in [-0.3, -0.25) is 0 Å². The van der Waals surface area contributed by atoms with Crippen molar-refractivity contribution in [2.45, 2.75) is 32.1 Å². The van der Waals surface area contributed by atoms with E-state index in [9.17, 15) is 4.79 Å². The Bertz CT molecular complexity index is 571. The maximum atomic E-state index is 10.9. The first-order chi connectivity index (χ1) is 9.83. The van der Waals surface area contributed by atoms with Gasteiger partial charge in [0.2, 0.25) is 5.95 Å². The minimum absolute atomic E-state index is 0.0695. The molecule has 21 heavy (non-hydrogen) atoms. The summed E-state index contributed by atoms with van der Waals surface area (Å²) in [5.74, 6) is 3.62. The summed E-state index contributed by atoms with van der Waals surface area (Å²) in [4.78, 5) is 20.7. The molecule has 0 spiro atoms. The Hall–Kier alpha value is -2.07. The predicted octanol–water partition coefficient (Wildman–Crippen LogP) is 1.87. The topological polar surface area (TPSA) is 78.4 Å². The lowest BCUT2D eigenvalue weighted by Gasteiger charge is -2.13. The molecule has 0 aliphatic carbocycles. The van der Waals surface area contributed by atoms with E-state index in [-0.39, 0.29) is 6.04 Å². The Morgan fingerprint density at radius 1 is 1.43 bits per heavy atom. The fourth-order valence-electron chi connectivity index (χ4n) is 1.96. The van der Waals surface area contributed by atoms with Gasteiger partial charge in [-0.15, -0.1) is 5.54 Å². The molecule has 1 aromatic heterocycles. The Balaban J connectivity index is 1.94. The van der Waals surface area contributed by atoms with Gasteiger partial charge >= 0.3 is 6.09 Å². The lowest BCUT2D eigenvalue weighted by molar-refractivity contribution is 0.155. The second-order valence-corrected chi connectivity index (χ2v) is 10.9. The molecule has 0 bridgehead atoms. The van der Waals surface area contributed by atoms with Gasteiger partial charge in [-0.2, -0.15) is 0 Å². The zero-order valence-electron chi connectivity index (χ0n) is 12.6. The summed E-state index contributed by atoms with van der Waals surface area (Å²) in [5.41, 5.74) is 4.07. The van der Waals surface area contributed by atoms with Crippen LogP contribution in [-0.2, 0) is 0 Å². The van der Waals surface area contributed by atoms with E-state index < -0.39 is 14.2 Å². The third-order valence-corrected chi connectivity index (χ3v) is 3.90. The van der Waals surface area contributed by atoms with E-state index in [2.05, 4.69) is 46.4 Å². The maximum Gasteiger partial charge on any atom is 0.407 e. The number of rotatable bonds is 2. The molecule has 1 aliphatic heterocycles. The lowest BCUT2D eigenvalue weighted by atomic mass is 10.3. The van der Waals surface area contributed by atoms with Crippen molar-refractivity contribution in [3.05, 3.63) is 18.0 Å². The van der Waals surface area contributed by atoms with Crippen LogP contribution in [0.2, 0.25) is 19.6 Å². The van der Waals surface area contributed by atoms with Crippen molar-refractivity contribution in [1.29, 1.82) is 0 Å². The van der Waals surface area contributed by atoms with Crippen LogP contribution in [0.1, 0.15) is 12.0 Å². The molecule has 0 radical (unpaired) electrons. The smallest absolute Gasteiger partial charge is 0.407 e. The number of nitrogens with zero attached hydrogens (tertiary/aromatic N) is 3. The molecule has 1 saturated heterocycles. The van der Waals surface area contributed by atoms with E-state index in [1.54, 1.807) is 12.4 Å². The zero-order chi connectivity index (χ0) is 15.5. The van der Waals surface area contributed by atoms with Crippen LogP contribution in [0.15, 0.2) is 12.4 Å². The summed E-state index contributed by atoms with van der Waals surface area (Å²) in [7, 11) is -1.39. The Morgan fingerprint density at radius 3 is 2.62 bits per heavy atom. The summed E-state index contributed by atoms with van der Waals surface area (Å²) in [6.45, 7) is 7.57. The summed E-state index contributed by atoms with van der Waals surface area (Å²) in [6, 6.07) is 0.0695. The number of amides is 1. The average molecular weight is 304 g/mol. The number of carbonyl (C=O) groups is 1. The molecule has 1 aromatic rings. The number of likely N-dealkylation sites (tertiary alicyclic amines) is 1.